The highest BCUT2D eigenvalue weighted by Gasteiger charge is 2.19. The molecule has 0 atom stereocenters. The third kappa shape index (κ3) is 4.24. The lowest BCUT2D eigenvalue weighted by atomic mass is 10.1. The van der Waals surface area contributed by atoms with Crippen molar-refractivity contribution in [2.75, 3.05) is 13.1 Å². The highest BCUT2D eigenvalue weighted by atomic mass is 16.6. The molecule has 0 aliphatic carbocycles. The first-order valence-electron chi connectivity index (χ1n) is 6.44. The molecular weight excluding hydrogens is 226 g/mol. The Morgan fingerprint density at radius 1 is 1.17 bits per heavy atom. The summed E-state index contributed by atoms with van der Waals surface area (Å²) >= 11 is 0. The molecule has 1 aromatic carbocycles. The molecule has 1 aliphatic rings. The maximum absolute atomic E-state index is 11.7. The molecule has 1 heterocycles. The van der Waals surface area contributed by atoms with E-state index in [1.165, 1.54) is 5.57 Å². The second-order valence-electron chi connectivity index (χ2n) is 3.92. The average molecular weight is 247 g/mol. The Morgan fingerprint density at radius 2 is 1.72 bits per heavy atom. The molecule has 1 amide bonds. The van der Waals surface area contributed by atoms with Gasteiger partial charge in [0.25, 0.3) is 0 Å². The highest BCUT2D eigenvalue weighted by molar-refractivity contribution is 5.70. The van der Waals surface area contributed by atoms with Crippen molar-refractivity contribution < 1.29 is 9.53 Å². The molecule has 18 heavy (non-hydrogen) atoms. The summed E-state index contributed by atoms with van der Waals surface area (Å²) in [6, 6.07) is 9.14. The Hall–Kier alpha value is -1.77. The number of carbonyl (C=O) groups is 1. The first-order valence-corrected chi connectivity index (χ1v) is 6.44. The summed E-state index contributed by atoms with van der Waals surface area (Å²) in [4.78, 5) is 13.5. The number of nitrogens with zero attached hydrogens (tertiary/aromatic N) is 1. The first-order chi connectivity index (χ1) is 8.75. The molecule has 0 N–H and O–H groups in total. The first kappa shape index (κ1) is 14.3. The highest BCUT2D eigenvalue weighted by Crippen LogP contribution is 2.16. The zero-order valence-electron chi connectivity index (χ0n) is 11.2. The SMILES string of the molecule is C=C1CCN(C(=O)Oc2ccccc2)CC1.CC. The molecule has 1 fully saturated rings. The third-order valence-electron chi connectivity index (χ3n) is 2.68. The van der Waals surface area contributed by atoms with Crippen molar-refractivity contribution in [3.05, 3.63) is 42.5 Å². The van der Waals surface area contributed by atoms with Gasteiger partial charge >= 0.3 is 6.09 Å². The number of rotatable bonds is 1. The minimum Gasteiger partial charge on any atom is -0.410 e. The molecule has 0 radical (unpaired) electrons. The van der Waals surface area contributed by atoms with E-state index in [4.69, 9.17) is 4.74 Å². The van der Waals surface area contributed by atoms with Crippen LogP contribution in [0.3, 0.4) is 0 Å². The van der Waals surface area contributed by atoms with Crippen LogP contribution in [0.2, 0.25) is 0 Å². The van der Waals surface area contributed by atoms with Crippen molar-refractivity contribution in [3.63, 3.8) is 0 Å². The van der Waals surface area contributed by atoms with Crippen LogP contribution in [0.15, 0.2) is 42.5 Å². The molecule has 3 nitrogen and oxygen atoms in total. The number of piperidine rings is 1. The molecule has 1 aromatic rings. The molecule has 2 rings (SSSR count). The fourth-order valence-electron chi connectivity index (χ4n) is 1.66. The number of ether oxygens (including phenoxy) is 1. The van der Waals surface area contributed by atoms with E-state index in [0.717, 1.165) is 12.8 Å². The Kier molecular flexibility index (Phi) is 5.98. The molecule has 1 saturated heterocycles. The van der Waals surface area contributed by atoms with E-state index in [2.05, 4.69) is 6.58 Å². The average Bonchev–Trinajstić information content (AvgIpc) is 2.43. The van der Waals surface area contributed by atoms with E-state index in [9.17, 15) is 4.79 Å². The molecule has 0 bridgehead atoms. The smallest absolute Gasteiger partial charge is 0.410 e. The van der Waals surface area contributed by atoms with Gasteiger partial charge in [-0.25, -0.2) is 4.79 Å². The molecule has 1 aliphatic heterocycles. The van der Waals surface area contributed by atoms with Crippen molar-refractivity contribution in [1.29, 1.82) is 0 Å². The fourth-order valence-corrected chi connectivity index (χ4v) is 1.66. The van der Waals surface area contributed by atoms with Crippen molar-refractivity contribution in [1.82, 2.24) is 4.90 Å². The predicted molar refractivity (Wildman–Crippen MR) is 73.8 cm³/mol. The number of hydrogen-bond donors (Lipinski definition) is 0. The Labute approximate surface area is 109 Å². The summed E-state index contributed by atoms with van der Waals surface area (Å²) in [5.41, 5.74) is 1.21. The largest absolute Gasteiger partial charge is 0.415 e. The van der Waals surface area contributed by atoms with Gasteiger partial charge in [0.2, 0.25) is 0 Å². The standard InChI is InChI=1S/C13H15NO2.C2H6/c1-11-7-9-14(10-8-11)13(15)16-12-5-3-2-4-6-12;1-2/h2-6H,1,7-10H2;1-2H3. The molecule has 3 heteroatoms. The lowest BCUT2D eigenvalue weighted by molar-refractivity contribution is 0.148. The van der Waals surface area contributed by atoms with E-state index >= 15 is 0 Å². The number of hydrogen-bond acceptors (Lipinski definition) is 2. The quantitative estimate of drug-likeness (QED) is 0.705. The third-order valence-corrected chi connectivity index (χ3v) is 2.68. The normalized spacial score (nSPS) is 14.6. The molecular formula is C15H21NO2. The van der Waals surface area contributed by atoms with Gasteiger partial charge in [-0.1, -0.05) is 44.2 Å². The lowest BCUT2D eigenvalue weighted by Crippen LogP contribution is -2.38. The summed E-state index contributed by atoms with van der Waals surface area (Å²) in [6.07, 6.45) is 1.49. The Bertz CT molecular complexity index is 377. The number of para-hydroxylation sites is 1. The molecule has 0 spiro atoms. The van der Waals surface area contributed by atoms with Gasteiger partial charge in [0.05, 0.1) is 0 Å². The van der Waals surface area contributed by atoms with E-state index in [-0.39, 0.29) is 6.09 Å². The summed E-state index contributed by atoms with van der Waals surface area (Å²) in [5, 5.41) is 0. The summed E-state index contributed by atoms with van der Waals surface area (Å²) in [6.45, 7) is 9.34. The van der Waals surface area contributed by atoms with Crippen molar-refractivity contribution in [2.45, 2.75) is 26.7 Å². The minimum atomic E-state index is -0.265. The van der Waals surface area contributed by atoms with E-state index in [0.29, 0.717) is 18.8 Å². The number of likely N-dealkylation sites (tertiary alicyclic amines) is 1. The van der Waals surface area contributed by atoms with Gasteiger partial charge < -0.3 is 9.64 Å². The van der Waals surface area contributed by atoms with Gasteiger partial charge in [0.1, 0.15) is 5.75 Å². The Balaban J connectivity index is 0.000000771. The van der Waals surface area contributed by atoms with E-state index in [1.54, 1.807) is 17.0 Å². The van der Waals surface area contributed by atoms with Gasteiger partial charge in [-0.3, -0.25) is 0 Å². The van der Waals surface area contributed by atoms with Crippen LogP contribution < -0.4 is 4.74 Å². The monoisotopic (exact) mass is 247 g/mol. The zero-order chi connectivity index (χ0) is 13.4. The van der Waals surface area contributed by atoms with Crippen LogP contribution in [0, 0.1) is 0 Å². The van der Waals surface area contributed by atoms with Crippen LogP contribution in [0.25, 0.3) is 0 Å². The van der Waals surface area contributed by atoms with Gasteiger partial charge in [-0.2, -0.15) is 0 Å². The summed E-state index contributed by atoms with van der Waals surface area (Å²) in [7, 11) is 0. The molecule has 0 aromatic heterocycles. The van der Waals surface area contributed by atoms with Crippen molar-refractivity contribution >= 4 is 6.09 Å². The molecule has 0 saturated carbocycles. The van der Waals surface area contributed by atoms with Crippen LogP contribution in [0.1, 0.15) is 26.7 Å². The topological polar surface area (TPSA) is 29.5 Å². The minimum absolute atomic E-state index is 0.265. The molecule has 0 unspecified atom stereocenters. The maximum Gasteiger partial charge on any atom is 0.415 e. The van der Waals surface area contributed by atoms with Gasteiger partial charge in [0.15, 0.2) is 0 Å². The van der Waals surface area contributed by atoms with Crippen LogP contribution >= 0.6 is 0 Å². The van der Waals surface area contributed by atoms with Gasteiger partial charge in [0, 0.05) is 13.1 Å². The maximum atomic E-state index is 11.7. The number of benzene rings is 1. The zero-order valence-corrected chi connectivity index (χ0v) is 11.2. The fraction of sp³-hybridized carbons (Fsp3) is 0.400. The van der Waals surface area contributed by atoms with Crippen LogP contribution in [-0.2, 0) is 0 Å². The second-order valence-corrected chi connectivity index (χ2v) is 3.92. The van der Waals surface area contributed by atoms with E-state index < -0.39 is 0 Å². The van der Waals surface area contributed by atoms with Gasteiger partial charge in [-0.15, -0.1) is 0 Å². The van der Waals surface area contributed by atoms with Crippen LogP contribution in [0.4, 0.5) is 4.79 Å². The van der Waals surface area contributed by atoms with Crippen LogP contribution in [0.5, 0.6) is 5.75 Å². The van der Waals surface area contributed by atoms with Crippen molar-refractivity contribution in [2.24, 2.45) is 0 Å². The second kappa shape index (κ2) is 7.54. The van der Waals surface area contributed by atoms with Crippen LogP contribution in [-0.4, -0.2) is 24.1 Å². The van der Waals surface area contributed by atoms with E-state index in [1.807, 2.05) is 32.0 Å². The number of amides is 1. The Morgan fingerprint density at radius 3 is 2.28 bits per heavy atom. The van der Waals surface area contributed by atoms with Crippen molar-refractivity contribution in [3.8, 4) is 5.75 Å². The van der Waals surface area contributed by atoms with Gasteiger partial charge in [-0.05, 0) is 25.0 Å². The summed E-state index contributed by atoms with van der Waals surface area (Å²) in [5.74, 6) is 0.594. The predicted octanol–water partition coefficient (Wildman–Crippen LogP) is 3.86. The lowest BCUT2D eigenvalue weighted by Gasteiger charge is -2.26. The molecule has 98 valence electrons. The number of carbonyl (C=O) groups excluding carboxylic acids is 1. The summed E-state index contributed by atoms with van der Waals surface area (Å²) < 4.78 is 5.25.